The van der Waals surface area contributed by atoms with E-state index in [1.165, 1.54) is 12.3 Å². The van der Waals surface area contributed by atoms with Crippen LogP contribution in [0, 0.1) is 0 Å². The highest BCUT2D eigenvalue weighted by Gasteiger charge is 2.17. The third-order valence-electron chi connectivity index (χ3n) is 1.34. The average Bonchev–Trinajstić information content (AvgIpc) is 2.15. The molecule has 0 aliphatic heterocycles. The molecule has 0 aliphatic carbocycles. The zero-order valence-corrected chi connectivity index (χ0v) is 8.97. The minimum absolute atomic E-state index is 0.102. The van der Waals surface area contributed by atoms with Crippen LogP contribution in [-0.4, -0.2) is 20.0 Å². The standard InChI is InChI=1S/C7H9ClN2O3S/c1-2-13-10-14(11,12)7-5-9-4-3-6(7)8/h3-5,10H,2H2,1H3. The lowest BCUT2D eigenvalue weighted by Gasteiger charge is -2.05. The number of hydrogen-bond acceptors (Lipinski definition) is 4. The van der Waals surface area contributed by atoms with Crippen LogP contribution in [0.4, 0.5) is 0 Å². The zero-order chi connectivity index (χ0) is 10.6. The van der Waals surface area contributed by atoms with Crippen molar-refractivity contribution in [2.75, 3.05) is 6.61 Å². The molecule has 0 spiro atoms. The van der Waals surface area contributed by atoms with Crippen LogP contribution in [0.15, 0.2) is 23.4 Å². The lowest BCUT2D eigenvalue weighted by atomic mass is 10.5. The molecule has 0 radical (unpaired) electrons. The van der Waals surface area contributed by atoms with Crippen LogP contribution in [-0.2, 0) is 14.9 Å². The maximum atomic E-state index is 11.5. The lowest BCUT2D eigenvalue weighted by molar-refractivity contribution is 0.105. The van der Waals surface area contributed by atoms with E-state index in [4.69, 9.17) is 11.6 Å². The summed E-state index contributed by atoms with van der Waals surface area (Å²) < 4.78 is 22.9. The summed E-state index contributed by atoms with van der Waals surface area (Å²) in [7, 11) is -3.72. The Kier molecular flexibility index (Phi) is 3.82. The van der Waals surface area contributed by atoms with Gasteiger partial charge < -0.3 is 0 Å². The van der Waals surface area contributed by atoms with Gasteiger partial charge in [0.25, 0.3) is 10.0 Å². The summed E-state index contributed by atoms with van der Waals surface area (Å²) in [4.78, 5) is 10.1. The minimum atomic E-state index is -3.72. The molecule has 0 bridgehead atoms. The highest BCUT2D eigenvalue weighted by atomic mass is 35.5. The second-order valence-electron chi connectivity index (χ2n) is 2.33. The largest absolute Gasteiger partial charge is 0.287 e. The third-order valence-corrected chi connectivity index (χ3v) is 3.02. The van der Waals surface area contributed by atoms with Crippen molar-refractivity contribution in [3.05, 3.63) is 23.5 Å². The number of hydrogen-bond donors (Lipinski definition) is 1. The van der Waals surface area contributed by atoms with E-state index in [1.54, 1.807) is 6.92 Å². The normalized spacial score (nSPS) is 11.6. The molecule has 0 aromatic carbocycles. The van der Waals surface area contributed by atoms with Crippen LogP contribution in [0.1, 0.15) is 6.92 Å². The van der Waals surface area contributed by atoms with Gasteiger partial charge >= 0.3 is 0 Å². The van der Waals surface area contributed by atoms with Crippen LogP contribution in [0.25, 0.3) is 0 Å². The number of nitrogens with zero attached hydrogens (tertiary/aromatic N) is 1. The molecule has 1 N–H and O–H groups in total. The van der Waals surface area contributed by atoms with Crippen molar-refractivity contribution in [3.8, 4) is 0 Å². The van der Waals surface area contributed by atoms with Crippen molar-refractivity contribution >= 4 is 21.6 Å². The fourth-order valence-electron chi connectivity index (χ4n) is 0.742. The molecule has 14 heavy (non-hydrogen) atoms. The average molecular weight is 237 g/mol. The first-order valence-electron chi connectivity index (χ1n) is 3.81. The van der Waals surface area contributed by atoms with Gasteiger partial charge in [-0.1, -0.05) is 16.5 Å². The maximum absolute atomic E-state index is 11.5. The Hall–Kier alpha value is -0.690. The molecule has 0 atom stereocenters. The molecule has 0 saturated heterocycles. The first-order chi connectivity index (χ1) is 6.58. The van der Waals surface area contributed by atoms with E-state index in [-0.39, 0.29) is 16.5 Å². The zero-order valence-electron chi connectivity index (χ0n) is 7.40. The van der Waals surface area contributed by atoms with Crippen LogP contribution >= 0.6 is 11.6 Å². The number of sulfonamides is 1. The number of pyridine rings is 1. The third kappa shape index (κ3) is 2.65. The van der Waals surface area contributed by atoms with Gasteiger partial charge in [0, 0.05) is 12.4 Å². The molecule has 0 amide bonds. The summed E-state index contributed by atoms with van der Waals surface area (Å²) >= 11 is 5.67. The summed E-state index contributed by atoms with van der Waals surface area (Å²) in [6.45, 7) is 1.89. The van der Waals surface area contributed by atoms with Gasteiger partial charge in [-0.2, -0.15) is 0 Å². The maximum Gasteiger partial charge on any atom is 0.265 e. The molecule has 0 unspecified atom stereocenters. The van der Waals surface area contributed by atoms with E-state index in [9.17, 15) is 8.42 Å². The van der Waals surface area contributed by atoms with E-state index >= 15 is 0 Å². The molecule has 5 nitrogen and oxygen atoms in total. The smallest absolute Gasteiger partial charge is 0.265 e. The van der Waals surface area contributed by atoms with Gasteiger partial charge in [0.2, 0.25) is 0 Å². The molecule has 1 rings (SSSR count). The monoisotopic (exact) mass is 236 g/mol. The Morgan fingerprint density at radius 3 is 2.93 bits per heavy atom. The quantitative estimate of drug-likeness (QED) is 0.791. The second-order valence-corrected chi connectivity index (χ2v) is 4.35. The summed E-state index contributed by atoms with van der Waals surface area (Å²) in [5, 5.41) is 0.104. The first kappa shape index (κ1) is 11.4. The lowest BCUT2D eigenvalue weighted by Crippen LogP contribution is -2.24. The van der Waals surface area contributed by atoms with Crippen molar-refractivity contribution < 1.29 is 13.3 Å². The Bertz CT molecular complexity index is 407. The van der Waals surface area contributed by atoms with Gasteiger partial charge in [0.1, 0.15) is 4.90 Å². The minimum Gasteiger partial charge on any atom is -0.287 e. The Balaban J connectivity index is 2.99. The Labute approximate surface area is 87.1 Å². The van der Waals surface area contributed by atoms with E-state index in [0.29, 0.717) is 0 Å². The second kappa shape index (κ2) is 4.70. The highest BCUT2D eigenvalue weighted by molar-refractivity contribution is 7.89. The van der Waals surface area contributed by atoms with Crippen molar-refractivity contribution in [2.24, 2.45) is 0 Å². The van der Waals surface area contributed by atoms with Gasteiger partial charge in [0.15, 0.2) is 0 Å². The van der Waals surface area contributed by atoms with Gasteiger partial charge in [0.05, 0.1) is 11.6 Å². The van der Waals surface area contributed by atoms with Crippen LogP contribution in [0.5, 0.6) is 0 Å². The van der Waals surface area contributed by atoms with Crippen LogP contribution in [0.2, 0.25) is 5.02 Å². The number of nitrogens with one attached hydrogen (secondary N) is 1. The molecular weight excluding hydrogens is 228 g/mol. The fourth-order valence-corrected chi connectivity index (χ4v) is 2.04. The Morgan fingerprint density at radius 1 is 1.64 bits per heavy atom. The van der Waals surface area contributed by atoms with E-state index in [1.807, 2.05) is 4.89 Å². The molecule has 0 fully saturated rings. The summed E-state index contributed by atoms with van der Waals surface area (Å²) in [6.07, 6.45) is 2.56. The van der Waals surface area contributed by atoms with Crippen LogP contribution in [0.3, 0.4) is 0 Å². The predicted molar refractivity (Wildman–Crippen MR) is 51.2 cm³/mol. The molecule has 7 heteroatoms. The Morgan fingerprint density at radius 2 is 2.36 bits per heavy atom. The van der Waals surface area contributed by atoms with Crippen molar-refractivity contribution in [1.82, 2.24) is 9.87 Å². The molecule has 0 aliphatic rings. The summed E-state index contributed by atoms with van der Waals surface area (Å²) in [5.41, 5.74) is 0. The molecule has 1 aromatic rings. The predicted octanol–water partition coefficient (Wildman–Crippen LogP) is 0.965. The molecule has 78 valence electrons. The topological polar surface area (TPSA) is 68.3 Å². The molecule has 1 aromatic heterocycles. The highest BCUT2D eigenvalue weighted by Crippen LogP contribution is 2.18. The van der Waals surface area contributed by atoms with E-state index in [0.717, 1.165) is 6.20 Å². The SMILES string of the molecule is CCONS(=O)(=O)c1cnccc1Cl. The summed E-state index contributed by atoms with van der Waals surface area (Å²) in [6, 6.07) is 1.39. The van der Waals surface area contributed by atoms with Gasteiger partial charge in [-0.25, -0.2) is 8.42 Å². The van der Waals surface area contributed by atoms with Gasteiger partial charge in [-0.15, -0.1) is 0 Å². The fraction of sp³-hybridized carbons (Fsp3) is 0.286. The number of aromatic nitrogens is 1. The van der Waals surface area contributed by atoms with Crippen molar-refractivity contribution in [3.63, 3.8) is 0 Å². The summed E-state index contributed by atoms with van der Waals surface area (Å²) in [5.74, 6) is 0. The number of rotatable bonds is 4. The number of halogens is 1. The van der Waals surface area contributed by atoms with E-state index in [2.05, 4.69) is 9.82 Å². The molecule has 0 saturated carbocycles. The van der Waals surface area contributed by atoms with Gasteiger partial charge in [-0.3, -0.25) is 9.82 Å². The molecular formula is C7H9ClN2O3S. The van der Waals surface area contributed by atoms with Crippen LogP contribution < -0.4 is 4.89 Å². The first-order valence-corrected chi connectivity index (χ1v) is 5.67. The van der Waals surface area contributed by atoms with E-state index < -0.39 is 10.0 Å². The van der Waals surface area contributed by atoms with Crippen molar-refractivity contribution in [2.45, 2.75) is 11.8 Å². The molecule has 1 heterocycles. The van der Waals surface area contributed by atoms with Crippen molar-refractivity contribution in [1.29, 1.82) is 0 Å². The van der Waals surface area contributed by atoms with Gasteiger partial charge in [-0.05, 0) is 13.0 Å².